The van der Waals surface area contributed by atoms with E-state index in [1.807, 2.05) is 20.8 Å². The van der Waals surface area contributed by atoms with Gasteiger partial charge in [-0.05, 0) is 27.2 Å². The minimum atomic E-state index is -0.510. The van der Waals surface area contributed by atoms with Crippen LogP contribution in [0.1, 0.15) is 79.1 Å². The van der Waals surface area contributed by atoms with Gasteiger partial charge < -0.3 is 62.2 Å². The number of unbranched alkanes of at least 4 members (excludes halogenated alkanes) is 7. The molecule has 14 nitrogen and oxygen atoms in total. The van der Waals surface area contributed by atoms with E-state index in [1.165, 1.54) is 44.9 Å². The standard InChI is InChI=1S/C37H75NO13/c1-5-6-7-8-9-10-11-12-14-40-16-18-42-20-22-44-24-26-46-28-30-48-32-34-50-35-33-49-31-29-47-27-25-45-23-21-43-19-17-41-15-13-38-36(39)51-37(2,3)4/h5-35H2,1-4H3,(H,38,39). The maximum Gasteiger partial charge on any atom is 0.407 e. The largest absolute Gasteiger partial charge is 0.444 e. The van der Waals surface area contributed by atoms with Crippen molar-refractivity contribution in [2.45, 2.75) is 84.7 Å². The second kappa shape index (κ2) is 41.6. The lowest BCUT2D eigenvalue weighted by Gasteiger charge is -2.19. The fourth-order valence-corrected chi connectivity index (χ4v) is 4.18. The zero-order chi connectivity index (χ0) is 37.2. The van der Waals surface area contributed by atoms with Crippen LogP contribution in [-0.4, -0.2) is 164 Å². The molecule has 0 saturated heterocycles. The maximum atomic E-state index is 11.5. The zero-order valence-corrected chi connectivity index (χ0v) is 32.7. The van der Waals surface area contributed by atoms with E-state index < -0.39 is 11.7 Å². The molecule has 0 aromatic rings. The predicted octanol–water partition coefficient (Wildman–Crippen LogP) is 4.83. The van der Waals surface area contributed by atoms with Crippen LogP contribution in [0, 0.1) is 0 Å². The van der Waals surface area contributed by atoms with E-state index in [-0.39, 0.29) is 0 Å². The number of carbonyl (C=O) groups is 1. The van der Waals surface area contributed by atoms with E-state index in [1.54, 1.807) is 0 Å². The molecule has 0 fully saturated rings. The molecule has 0 aromatic heterocycles. The molecule has 0 unspecified atom stereocenters. The Morgan fingerprint density at radius 2 is 0.627 bits per heavy atom. The summed E-state index contributed by atoms with van der Waals surface area (Å²) in [6, 6.07) is 0. The normalized spacial score (nSPS) is 11.8. The Morgan fingerprint density at radius 3 is 0.922 bits per heavy atom. The van der Waals surface area contributed by atoms with Crippen LogP contribution < -0.4 is 5.32 Å². The number of nitrogens with one attached hydrogen (secondary N) is 1. The molecule has 0 spiro atoms. The minimum Gasteiger partial charge on any atom is -0.444 e. The third-order valence-electron chi connectivity index (χ3n) is 6.78. The Bertz CT molecular complexity index is 685. The Hall–Kier alpha value is -1.17. The first-order valence-corrected chi connectivity index (χ1v) is 19.3. The van der Waals surface area contributed by atoms with Gasteiger partial charge in [0.15, 0.2) is 0 Å². The van der Waals surface area contributed by atoms with E-state index in [0.29, 0.717) is 145 Å². The summed E-state index contributed by atoms with van der Waals surface area (Å²) in [6.45, 7) is 19.6. The highest BCUT2D eigenvalue weighted by molar-refractivity contribution is 5.67. The number of rotatable bonds is 42. The first-order valence-electron chi connectivity index (χ1n) is 19.3. The lowest BCUT2D eigenvalue weighted by atomic mass is 10.1. The summed E-state index contributed by atoms with van der Waals surface area (Å²) < 4.78 is 65.6. The third-order valence-corrected chi connectivity index (χ3v) is 6.78. The van der Waals surface area contributed by atoms with E-state index in [2.05, 4.69) is 12.2 Å². The zero-order valence-electron chi connectivity index (χ0n) is 32.7. The average Bonchev–Trinajstić information content (AvgIpc) is 3.09. The van der Waals surface area contributed by atoms with Crippen molar-refractivity contribution in [3.05, 3.63) is 0 Å². The Kier molecular flexibility index (Phi) is 40.6. The second-order valence-electron chi connectivity index (χ2n) is 12.6. The number of hydrogen-bond donors (Lipinski definition) is 1. The second-order valence-corrected chi connectivity index (χ2v) is 12.6. The number of hydrogen-bond acceptors (Lipinski definition) is 13. The molecular formula is C37H75NO13. The Balaban J connectivity index is 3.09. The van der Waals surface area contributed by atoms with Crippen molar-refractivity contribution in [2.75, 3.05) is 152 Å². The molecule has 0 aliphatic rings. The minimum absolute atomic E-state index is 0.385. The monoisotopic (exact) mass is 742 g/mol. The van der Waals surface area contributed by atoms with Crippen molar-refractivity contribution in [2.24, 2.45) is 0 Å². The fraction of sp³-hybridized carbons (Fsp3) is 0.973. The van der Waals surface area contributed by atoms with Gasteiger partial charge in [-0.15, -0.1) is 0 Å². The van der Waals surface area contributed by atoms with Crippen LogP contribution in [0.5, 0.6) is 0 Å². The van der Waals surface area contributed by atoms with Crippen molar-refractivity contribution < 1.29 is 61.6 Å². The quantitative estimate of drug-likeness (QED) is 0.0856. The third kappa shape index (κ3) is 46.8. The van der Waals surface area contributed by atoms with Crippen LogP contribution in [0.15, 0.2) is 0 Å². The molecule has 51 heavy (non-hydrogen) atoms. The van der Waals surface area contributed by atoms with Gasteiger partial charge in [-0.25, -0.2) is 4.79 Å². The van der Waals surface area contributed by atoms with Crippen LogP contribution in [0.3, 0.4) is 0 Å². The van der Waals surface area contributed by atoms with E-state index in [4.69, 9.17) is 56.8 Å². The van der Waals surface area contributed by atoms with E-state index >= 15 is 0 Å². The highest BCUT2D eigenvalue weighted by atomic mass is 16.6. The van der Waals surface area contributed by atoms with E-state index in [9.17, 15) is 4.79 Å². The summed E-state index contributed by atoms with van der Waals surface area (Å²) in [5.41, 5.74) is -0.510. The van der Waals surface area contributed by atoms with Crippen molar-refractivity contribution in [3.63, 3.8) is 0 Å². The molecule has 0 heterocycles. The molecule has 0 aromatic carbocycles. The SMILES string of the molecule is CCCCCCCCCCOCCOCCOCCOCCOCCOCCOCCOCCOCCOCCOCCNC(=O)OC(C)(C)C. The van der Waals surface area contributed by atoms with Gasteiger partial charge in [0.2, 0.25) is 0 Å². The van der Waals surface area contributed by atoms with Gasteiger partial charge >= 0.3 is 6.09 Å². The number of carbonyl (C=O) groups excluding carboxylic acids is 1. The fourth-order valence-electron chi connectivity index (χ4n) is 4.18. The van der Waals surface area contributed by atoms with Crippen molar-refractivity contribution in [3.8, 4) is 0 Å². The van der Waals surface area contributed by atoms with E-state index in [0.717, 1.165) is 13.0 Å². The molecule has 1 N–H and O–H groups in total. The van der Waals surface area contributed by atoms with Gasteiger partial charge in [0, 0.05) is 13.2 Å². The molecule has 0 bridgehead atoms. The average molecular weight is 742 g/mol. The Morgan fingerprint density at radius 1 is 0.373 bits per heavy atom. The van der Waals surface area contributed by atoms with Gasteiger partial charge in [-0.1, -0.05) is 51.9 Å². The summed E-state index contributed by atoms with van der Waals surface area (Å²) in [5.74, 6) is 0. The van der Waals surface area contributed by atoms with Gasteiger partial charge in [0.05, 0.1) is 139 Å². The summed E-state index contributed by atoms with van der Waals surface area (Å²) in [6.07, 6.45) is 10.1. The molecule has 0 saturated carbocycles. The molecule has 0 aliphatic heterocycles. The maximum absolute atomic E-state index is 11.5. The molecule has 306 valence electrons. The van der Waals surface area contributed by atoms with Crippen LogP contribution in [-0.2, 0) is 56.8 Å². The number of ether oxygens (including phenoxy) is 12. The summed E-state index contributed by atoms with van der Waals surface area (Å²) in [7, 11) is 0. The highest BCUT2D eigenvalue weighted by Gasteiger charge is 2.15. The highest BCUT2D eigenvalue weighted by Crippen LogP contribution is 2.08. The summed E-state index contributed by atoms with van der Waals surface area (Å²) in [5, 5.41) is 2.63. The van der Waals surface area contributed by atoms with Crippen LogP contribution in [0.2, 0.25) is 0 Å². The van der Waals surface area contributed by atoms with Gasteiger partial charge in [0.25, 0.3) is 0 Å². The molecule has 0 atom stereocenters. The number of amides is 1. The van der Waals surface area contributed by atoms with Gasteiger partial charge in [-0.2, -0.15) is 0 Å². The first kappa shape index (κ1) is 49.8. The van der Waals surface area contributed by atoms with Crippen molar-refractivity contribution in [1.29, 1.82) is 0 Å². The Labute approximate surface area is 309 Å². The van der Waals surface area contributed by atoms with Crippen molar-refractivity contribution in [1.82, 2.24) is 5.32 Å². The van der Waals surface area contributed by atoms with Crippen LogP contribution in [0.25, 0.3) is 0 Å². The lowest BCUT2D eigenvalue weighted by Crippen LogP contribution is -2.34. The molecular weight excluding hydrogens is 666 g/mol. The first-order chi connectivity index (χ1) is 25.0. The smallest absolute Gasteiger partial charge is 0.407 e. The summed E-state index contributed by atoms with van der Waals surface area (Å²) >= 11 is 0. The van der Waals surface area contributed by atoms with Gasteiger partial charge in [-0.3, -0.25) is 0 Å². The molecule has 0 radical (unpaired) electrons. The summed E-state index contributed by atoms with van der Waals surface area (Å²) in [4.78, 5) is 11.5. The lowest BCUT2D eigenvalue weighted by molar-refractivity contribution is -0.0275. The molecule has 0 rings (SSSR count). The molecule has 0 aliphatic carbocycles. The van der Waals surface area contributed by atoms with Crippen LogP contribution in [0.4, 0.5) is 4.79 Å². The van der Waals surface area contributed by atoms with Gasteiger partial charge in [0.1, 0.15) is 5.60 Å². The topological polar surface area (TPSA) is 140 Å². The molecule has 1 amide bonds. The van der Waals surface area contributed by atoms with Crippen LogP contribution >= 0.6 is 0 Å². The van der Waals surface area contributed by atoms with Crippen molar-refractivity contribution >= 4 is 6.09 Å². The number of alkyl carbamates (subject to hydrolysis) is 1. The predicted molar refractivity (Wildman–Crippen MR) is 196 cm³/mol. The molecule has 14 heteroatoms.